The number of aliphatic hydroxyl groups excluding tert-OH is 1. The van der Waals surface area contributed by atoms with Crippen molar-refractivity contribution in [2.45, 2.75) is 85.0 Å². The number of fused-ring (bicyclic) bond motifs is 3. The standard InChI is InChI=1S/C24H34O6/c1-12-15-7-8-16-23(6)10-9-18(29-13(2)25)22(4,5)17(23)11-19(30-14(3)26)24(16,20(12)27)21(15)28/h15-19,21,28H,1,7-11H2,2-6H3. The molecule has 0 saturated heterocycles. The number of hydrogen-bond acceptors (Lipinski definition) is 6. The van der Waals surface area contributed by atoms with Crippen molar-refractivity contribution in [3.8, 4) is 0 Å². The lowest BCUT2D eigenvalue weighted by Gasteiger charge is -2.66. The van der Waals surface area contributed by atoms with Crippen LogP contribution in [0, 0.1) is 34.0 Å². The average molecular weight is 419 g/mol. The Morgan fingerprint density at radius 3 is 2.20 bits per heavy atom. The minimum absolute atomic E-state index is 0.0773. The fourth-order valence-electron chi connectivity index (χ4n) is 8.04. The average Bonchev–Trinajstić information content (AvgIpc) is 2.74. The molecule has 4 rings (SSSR count). The van der Waals surface area contributed by atoms with Gasteiger partial charge in [-0.1, -0.05) is 27.4 Å². The number of rotatable bonds is 2. The third-order valence-electron chi connectivity index (χ3n) is 9.21. The van der Waals surface area contributed by atoms with E-state index in [9.17, 15) is 19.5 Å². The summed E-state index contributed by atoms with van der Waals surface area (Å²) in [5, 5.41) is 11.4. The Morgan fingerprint density at radius 1 is 1.00 bits per heavy atom. The summed E-state index contributed by atoms with van der Waals surface area (Å²) in [6, 6.07) is 0. The molecule has 0 heterocycles. The van der Waals surface area contributed by atoms with Crippen LogP contribution in [0.25, 0.3) is 0 Å². The van der Waals surface area contributed by atoms with Crippen LogP contribution in [0.3, 0.4) is 0 Å². The monoisotopic (exact) mass is 418 g/mol. The number of carbonyl (C=O) groups is 3. The molecule has 6 nitrogen and oxygen atoms in total. The quantitative estimate of drug-likeness (QED) is 0.547. The zero-order valence-corrected chi connectivity index (χ0v) is 18.7. The van der Waals surface area contributed by atoms with Crippen molar-refractivity contribution in [1.82, 2.24) is 0 Å². The predicted octanol–water partition coefficient (Wildman–Crippen LogP) is 3.21. The third kappa shape index (κ3) is 2.55. The van der Waals surface area contributed by atoms with Gasteiger partial charge in [-0.3, -0.25) is 14.4 Å². The Hall–Kier alpha value is -1.69. The molecule has 0 radical (unpaired) electrons. The van der Waals surface area contributed by atoms with Gasteiger partial charge in [0.1, 0.15) is 12.2 Å². The van der Waals surface area contributed by atoms with Gasteiger partial charge >= 0.3 is 11.9 Å². The zero-order valence-electron chi connectivity index (χ0n) is 18.7. The van der Waals surface area contributed by atoms with E-state index in [1.54, 1.807) is 0 Å². The van der Waals surface area contributed by atoms with E-state index < -0.39 is 23.6 Å². The molecule has 2 bridgehead atoms. The molecule has 1 N–H and O–H groups in total. The van der Waals surface area contributed by atoms with E-state index in [1.807, 2.05) is 0 Å². The smallest absolute Gasteiger partial charge is 0.302 e. The summed E-state index contributed by atoms with van der Waals surface area (Å²) in [6.45, 7) is 13.3. The van der Waals surface area contributed by atoms with Crippen molar-refractivity contribution in [3.05, 3.63) is 12.2 Å². The molecule has 30 heavy (non-hydrogen) atoms. The van der Waals surface area contributed by atoms with E-state index in [0.29, 0.717) is 12.0 Å². The van der Waals surface area contributed by atoms with Crippen LogP contribution in [0.4, 0.5) is 0 Å². The summed E-state index contributed by atoms with van der Waals surface area (Å²) < 4.78 is 11.5. The van der Waals surface area contributed by atoms with Gasteiger partial charge in [-0.05, 0) is 54.9 Å². The molecule has 0 aliphatic heterocycles. The molecule has 4 aliphatic rings. The molecular formula is C24H34O6. The van der Waals surface area contributed by atoms with Crippen LogP contribution in [0.15, 0.2) is 12.2 Å². The predicted molar refractivity (Wildman–Crippen MR) is 109 cm³/mol. The van der Waals surface area contributed by atoms with Gasteiger partial charge in [-0.2, -0.15) is 0 Å². The number of Topliss-reactive ketones (excluding diaryl/α,β-unsaturated/α-hetero) is 1. The molecular weight excluding hydrogens is 384 g/mol. The topological polar surface area (TPSA) is 89.9 Å². The maximum absolute atomic E-state index is 13.6. The van der Waals surface area contributed by atoms with E-state index in [2.05, 4.69) is 27.4 Å². The van der Waals surface area contributed by atoms with Gasteiger partial charge in [0.2, 0.25) is 0 Å². The number of aliphatic hydroxyl groups is 1. The minimum atomic E-state index is -1.11. The van der Waals surface area contributed by atoms with Crippen LogP contribution in [-0.2, 0) is 23.9 Å². The Balaban J connectivity index is 1.84. The molecule has 4 saturated carbocycles. The van der Waals surface area contributed by atoms with Crippen LogP contribution < -0.4 is 0 Å². The van der Waals surface area contributed by atoms with E-state index in [4.69, 9.17) is 9.47 Å². The summed E-state index contributed by atoms with van der Waals surface area (Å²) in [7, 11) is 0. The van der Waals surface area contributed by atoms with E-state index in [0.717, 1.165) is 25.7 Å². The molecule has 0 aromatic carbocycles. The Kier molecular flexibility index (Phi) is 4.78. The largest absolute Gasteiger partial charge is 0.462 e. The van der Waals surface area contributed by atoms with Crippen LogP contribution >= 0.6 is 0 Å². The normalized spacial score (nSPS) is 46.6. The molecule has 0 aromatic rings. The molecule has 166 valence electrons. The van der Waals surface area contributed by atoms with Gasteiger partial charge in [0.25, 0.3) is 0 Å². The van der Waals surface area contributed by atoms with Crippen molar-refractivity contribution in [2.24, 2.45) is 34.0 Å². The van der Waals surface area contributed by atoms with Crippen LogP contribution in [0.5, 0.6) is 0 Å². The number of ether oxygens (including phenoxy) is 2. The summed E-state index contributed by atoms with van der Waals surface area (Å²) in [5.41, 5.74) is -1.21. The summed E-state index contributed by atoms with van der Waals surface area (Å²) in [5.74, 6) is -1.14. The van der Waals surface area contributed by atoms with Gasteiger partial charge in [-0.25, -0.2) is 0 Å². The highest BCUT2D eigenvalue weighted by atomic mass is 16.5. The Morgan fingerprint density at radius 2 is 1.60 bits per heavy atom. The van der Waals surface area contributed by atoms with Crippen molar-refractivity contribution in [2.75, 3.05) is 0 Å². The van der Waals surface area contributed by atoms with Crippen molar-refractivity contribution >= 4 is 17.7 Å². The highest BCUT2D eigenvalue weighted by Gasteiger charge is 2.75. The molecule has 8 atom stereocenters. The molecule has 1 spiro atoms. The first-order valence-corrected chi connectivity index (χ1v) is 11.1. The highest BCUT2D eigenvalue weighted by molar-refractivity contribution is 6.04. The number of hydrogen-bond donors (Lipinski definition) is 1. The molecule has 0 amide bonds. The summed E-state index contributed by atoms with van der Waals surface area (Å²) >= 11 is 0. The first-order valence-electron chi connectivity index (χ1n) is 11.1. The Labute approximate surface area is 178 Å². The summed E-state index contributed by atoms with van der Waals surface area (Å²) in [4.78, 5) is 37.4. The first kappa shape index (κ1) is 21.5. The second kappa shape index (κ2) is 6.65. The van der Waals surface area contributed by atoms with Crippen LogP contribution in [-0.4, -0.2) is 41.1 Å². The molecule has 4 fully saturated rings. The fourth-order valence-corrected chi connectivity index (χ4v) is 8.04. The van der Waals surface area contributed by atoms with Crippen molar-refractivity contribution < 1.29 is 29.0 Å². The molecule has 0 aromatic heterocycles. The second-order valence-electron chi connectivity index (χ2n) is 10.8. The van der Waals surface area contributed by atoms with Crippen LogP contribution in [0.1, 0.15) is 66.7 Å². The lowest BCUT2D eigenvalue weighted by molar-refractivity contribution is -0.247. The third-order valence-corrected chi connectivity index (χ3v) is 9.21. The molecule has 8 unspecified atom stereocenters. The lowest BCUT2D eigenvalue weighted by Crippen LogP contribution is -2.69. The van der Waals surface area contributed by atoms with Gasteiger partial charge in [0.05, 0.1) is 11.5 Å². The Bertz CT molecular complexity index is 815. The number of ketones is 1. The zero-order chi connectivity index (χ0) is 22.2. The van der Waals surface area contributed by atoms with Gasteiger partial charge < -0.3 is 14.6 Å². The molecule has 4 aliphatic carbocycles. The van der Waals surface area contributed by atoms with Gasteiger partial charge in [0, 0.05) is 25.2 Å². The maximum atomic E-state index is 13.6. The minimum Gasteiger partial charge on any atom is -0.462 e. The second-order valence-corrected chi connectivity index (χ2v) is 10.8. The summed E-state index contributed by atoms with van der Waals surface area (Å²) in [6.07, 6.45) is 1.72. The van der Waals surface area contributed by atoms with Gasteiger partial charge in [-0.15, -0.1) is 0 Å². The number of carbonyl (C=O) groups excluding carboxylic acids is 3. The maximum Gasteiger partial charge on any atom is 0.302 e. The lowest BCUT2D eigenvalue weighted by atomic mass is 9.39. The fraction of sp³-hybridized carbons (Fsp3) is 0.792. The van der Waals surface area contributed by atoms with Crippen molar-refractivity contribution in [3.63, 3.8) is 0 Å². The van der Waals surface area contributed by atoms with E-state index in [-0.39, 0.29) is 46.4 Å². The first-order chi connectivity index (χ1) is 13.9. The van der Waals surface area contributed by atoms with Gasteiger partial charge in [0.15, 0.2) is 5.78 Å². The van der Waals surface area contributed by atoms with Crippen molar-refractivity contribution in [1.29, 1.82) is 0 Å². The molecule has 6 heteroatoms. The van der Waals surface area contributed by atoms with Crippen LogP contribution in [0.2, 0.25) is 0 Å². The highest BCUT2D eigenvalue weighted by Crippen LogP contribution is 2.71. The SMILES string of the molecule is C=C1C(=O)C23C(OC(C)=O)CC4C(C)(C)C(OC(C)=O)CCC4(C)C2CCC1C3O. The number of esters is 2. The van der Waals surface area contributed by atoms with E-state index in [1.165, 1.54) is 13.8 Å². The van der Waals surface area contributed by atoms with E-state index >= 15 is 0 Å².